The van der Waals surface area contributed by atoms with E-state index in [9.17, 15) is 9.59 Å². The summed E-state index contributed by atoms with van der Waals surface area (Å²) < 4.78 is 0. The van der Waals surface area contributed by atoms with Crippen LogP contribution in [0.4, 0.5) is 5.69 Å². The first-order valence-corrected chi connectivity index (χ1v) is 10.3. The third kappa shape index (κ3) is 7.10. The van der Waals surface area contributed by atoms with E-state index in [-0.39, 0.29) is 17.4 Å². The molecule has 0 atom stereocenters. The van der Waals surface area contributed by atoms with Gasteiger partial charge in [0.1, 0.15) is 0 Å². The minimum absolute atomic E-state index is 0.0445. The van der Waals surface area contributed by atoms with Crippen LogP contribution in [0, 0.1) is 6.92 Å². The number of carbonyl (C=O) groups excluding carboxylic acids is 2. The van der Waals surface area contributed by atoms with Crippen LogP contribution in [-0.2, 0) is 10.5 Å². The lowest BCUT2D eigenvalue weighted by molar-refractivity contribution is -0.113. The topological polar surface area (TPSA) is 58.2 Å². The largest absolute Gasteiger partial charge is 0.347 e. The molecule has 0 heterocycles. The Morgan fingerprint density at radius 2 is 1.78 bits per heavy atom. The Kier molecular flexibility index (Phi) is 7.48. The van der Waals surface area contributed by atoms with E-state index in [0.29, 0.717) is 17.0 Å². The third-order valence-electron chi connectivity index (χ3n) is 4.35. The van der Waals surface area contributed by atoms with Crippen molar-refractivity contribution in [1.82, 2.24) is 5.32 Å². The van der Waals surface area contributed by atoms with Crippen LogP contribution in [0.1, 0.15) is 48.7 Å². The van der Waals surface area contributed by atoms with Gasteiger partial charge in [0.05, 0.1) is 5.75 Å². The van der Waals surface area contributed by atoms with Gasteiger partial charge in [0.2, 0.25) is 5.91 Å². The summed E-state index contributed by atoms with van der Waals surface area (Å²) in [5, 5.41) is 5.87. The Hall–Kier alpha value is -2.27. The lowest BCUT2D eigenvalue weighted by Crippen LogP contribution is -2.42. The number of hydrogen-bond donors (Lipinski definition) is 2. The molecule has 2 amide bonds. The lowest BCUT2D eigenvalue weighted by Gasteiger charge is -2.24. The van der Waals surface area contributed by atoms with Gasteiger partial charge in [-0.05, 0) is 57.0 Å². The molecule has 27 heavy (non-hydrogen) atoms. The maximum atomic E-state index is 12.3. The third-order valence-corrected chi connectivity index (χ3v) is 5.35. The zero-order valence-corrected chi connectivity index (χ0v) is 17.3. The van der Waals surface area contributed by atoms with Crippen LogP contribution in [0.2, 0.25) is 0 Å². The van der Waals surface area contributed by atoms with Gasteiger partial charge in [-0.25, -0.2) is 0 Å². The van der Waals surface area contributed by atoms with Crippen molar-refractivity contribution in [3.8, 4) is 0 Å². The zero-order valence-electron chi connectivity index (χ0n) is 16.5. The second-order valence-electron chi connectivity index (χ2n) is 7.30. The Labute approximate surface area is 166 Å². The molecule has 2 N–H and O–H groups in total. The number of amides is 2. The van der Waals surface area contributed by atoms with E-state index < -0.39 is 0 Å². The van der Waals surface area contributed by atoms with Gasteiger partial charge in [-0.1, -0.05) is 36.8 Å². The fourth-order valence-electron chi connectivity index (χ4n) is 2.43. The number of hydrogen-bond acceptors (Lipinski definition) is 3. The molecule has 0 aliphatic carbocycles. The van der Waals surface area contributed by atoms with Gasteiger partial charge in [-0.2, -0.15) is 0 Å². The molecular formula is C22H28N2O2S. The molecule has 2 rings (SSSR count). The first kappa shape index (κ1) is 21.0. The van der Waals surface area contributed by atoms with Crippen LogP contribution in [0.25, 0.3) is 0 Å². The molecule has 0 saturated heterocycles. The number of anilines is 1. The standard InChI is InChI=1S/C22H28N2O2S/c1-5-22(3,4)24-21(26)18-9-11-19(12-10-18)23-20(25)15-27-14-17-8-6-7-16(2)13-17/h6-13H,5,14-15H2,1-4H3,(H,23,25)(H,24,26). The molecule has 0 bridgehead atoms. The van der Waals surface area contributed by atoms with Gasteiger partial charge >= 0.3 is 0 Å². The van der Waals surface area contributed by atoms with Gasteiger partial charge in [-0.15, -0.1) is 11.8 Å². The fraction of sp³-hybridized carbons (Fsp3) is 0.364. The van der Waals surface area contributed by atoms with Crippen molar-refractivity contribution in [2.75, 3.05) is 11.1 Å². The Morgan fingerprint density at radius 1 is 1.07 bits per heavy atom. The van der Waals surface area contributed by atoms with E-state index in [1.165, 1.54) is 11.1 Å². The number of nitrogens with one attached hydrogen (secondary N) is 2. The van der Waals surface area contributed by atoms with E-state index in [1.807, 2.05) is 26.8 Å². The van der Waals surface area contributed by atoms with Crippen LogP contribution in [0.15, 0.2) is 48.5 Å². The molecule has 0 spiro atoms. The molecule has 0 radical (unpaired) electrons. The fourth-order valence-corrected chi connectivity index (χ4v) is 3.21. The van der Waals surface area contributed by atoms with Crippen LogP contribution in [-0.4, -0.2) is 23.1 Å². The maximum absolute atomic E-state index is 12.3. The van der Waals surface area contributed by atoms with Crippen LogP contribution in [0.3, 0.4) is 0 Å². The van der Waals surface area contributed by atoms with Crippen molar-refractivity contribution >= 4 is 29.3 Å². The van der Waals surface area contributed by atoms with Gasteiger partial charge in [0, 0.05) is 22.5 Å². The summed E-state index contributed by atoms with van der Waals surface area (Å²) in [5.74, 6) is 1.05. The van der Waals surface area contributed by atoms with Crippen LogP contribution in [0.5, 0.6) is 0 Å². The Bertz CT molecular complexity index is 785. The highest BCUT2D eigenvalue weighted by molar-refractivity contribution is 7.99. The molecule has 0 saturated carbocycles. The summed E-state index contributed by atoms with van der Waals surface area (Å²) in [7, 11) is 0. The molecule has 0 aliphatic heterocycles. The predicted octanol–water partition coefficient (Wildman–Crippen LogP) is 4.79. The zero-order chi connectivity index (χ0) is 19.9. The van der Waals surface area contributed by atoms with Crippen molar-refractivity contribution in [1.29, 1.82) is 0 Å². The number of benzene rings is 2. The molecule has 144 valence electrons. The highest BCUT2D eigenvalue weighted by Gasteiger charge is 2.18. The summed E-state index contributed by atoms with van der Waals surface area (Å²) >= 11 is 1.58. The molecule has 0 aliphatic rings. The monoisotopic (exact) mass is 384 g/mol. The number of rotatable bonds is 8. The molecule has 2 aromatic carbocycles. The summed E-state index contributed by atoms with van der Waals surface area (Å²) in [6, 6.07) is 15.3. The predicted molar refractivity (Wildman–Crippen MR) is 114 cm³/mol. The first-order chi connectivity index (χ1) is 12.8. The second-order valence-corrected chi connectivity index (χ2v) is 8.28. The maximum Gasteiger partial charge on any atom is 0.251 e. The number of aryl methyl sites for hydroxylation is 1. The quantitative estimate of drug-likeness (QED) is 0.688. The van der Waals surface area contributed by atoms with Gasteiger partial charge < -0.3 is 10.6 Å². The summed E-state index contributed by atoms with van der Waals surface area (Å²) in [5.41, 5.74) is 3.49. The lowest BCUT2D eigenvalue weighted by atomic mass is 10.0. The van der Waals surface area contributed by atoms with E-state index in [4.69, 9.17) is 0 Å². The molecule has 4 nitrogen and oxygen atoms in total. The van der Waals surface area contributed by atoms with Crippen LogP contribution < -0.4 is 10.6 Å². The molecule has 0 fully saturated rings. The minimum Gasteiger partial charge on any atom is -0.347 e. The highest BCUT2D eigenvalue weighted by Crippen LogP contribution is 2.16. The first-order valence-electron chi connectivity index (χ1n) is 9.15. The number of thioether (sulfide) groups is 1. The van der Waals surface area contributed by atoms with Gasteiger partial charge in [0.15, 0.2) is 0 Å². The molecule has 5 heteroatoms. The van der Waals surface area contributed by atoms with Crippen molar-refractivity contribution in [2.45, 2.75) is 45.4 Å². The molecule has 2 aromatic rings. The normalized spacial score (nSPS) is 11.1. The molecule has 0 unspecified atom stereocenters. The van der Waals surface area contributed by atoms with Crippen molar-refractivity contribution in [3.05, 3.63) is 65.2 Å². The summed E-state index contributed by atoms with van der Waals surface area (Å²) in [6.45, 7) is 8.09. The van der Waals surface area contributed by atoms with Crippen molar-refractivity contribution < 1.29 is 9.59 Å². The average Bonchev–Trinajstić information content (AvgIpc) is 2.62. The van der Waals surface area contributed by atoms with E-state index in [0.717, 1.165) is 12.2 Å². The van der Waals surface area contributed by atoms with E-state index in [2.05, 4.69) is 35.8 Å². The summed E-state index contributed by atoms with van der Waals surface area (Å²) in [6.07, 6.45) is 0.854. The molecular weight excluding hydrogens is 356 g/mol. The van der Waals surface area contributed by atoms with Crippen molar-refractivity contribution in [3.63, 3.8) is 0 Å². The molecule has 0 aromatic heterocycles. The van der Waals surface area contributed by atoms with Crippen molar-refractivity contribution in [2.24, 2.45) is 0 Å². The van der Waals surface area contributed by atoms with Crippen LogP contribution >= 0.6 is 11.8 Å². The van der Waals surface area contributed by atoms with Gasteiger partial charge in [-0.3, -0.25) is 9.59 Å². The highest BCUT2D eigenvalue weighted by atomic mass is 32.2. The van der Waals surface area contributed by atoms with E-state index in [1.54, 1.807) is 36.0 Å². The number of carbonyl (C=O) groups is 2. The summed E-state index contributed by atoms with van der Waals surface area (Å²) in [4.78, 5) is 24.4. The minimum atomic E-state index is -0.238. The van der Waals surface area contributed by atoms with Gasteiger partial charge in [0.25, 0.3) is 5.91 Å². The Balaban J connectivity index is 1.81. The second kappa shape index (κ2) is 9.60. The smallest absolute Gasteiger partial charge is 0.251 e. The Morgan fingerprint density at radius 3 is 2.41 bits per heavy atom. The SMILES string of the molecule is CCC(C)(C)NC(=O)c1ccc(NC(=O)CSCc2cccc(C)c2)cc1. The van der Waals surface area contributed by atoms with E-state index >= 15 is 0 Å². The average molecular weight is 385 g/mol.